The molecule has 1 saturated carbocycles. The van der Waals surface area contributed by atoms with E-state index < -0.39 is 0 Å². The van der Waals surface area contributed by atoms with Crippen molar-refractivity contribution in [2.75, 3.05) is 0 Å². The zero-order chi connectivity index (χ0) is 14.7. The molecule has 1 unspecified atom stereocenters. The van der Waals surface area contributed by atoms with Gasteiger partial charge in [-0.25, -0.2) is 0 Å². The third-order valence-corrected chi connectivity index (χ3v) is 4.32. The number of nitro groups is 1. The summed E-state index contributed by atoms with van der Waals surface area (Å²) in [6.45, 7) is 0. The van der Waals surface area contributed by atoms with Gasteiger partial charge in [-0.2, -0.15) is 5.10 Å². The van der Waals surface area contributed by atoms with Crippen LogP contribution in [0.25, 0.3) is 0 Å². The highest BCUT2D eigenvalue weighted by atomic mass is 16.6. The van der Waals surface area contributed by atoms with Crippen LogP contribution in [0.15, 0.2) is 42.7 Å². The Morgan fingerprint density at radius 1 is 1.19 bits per heavy atom. The number of nitrogens with zero attached hydrogens (tertiary/aromatic N) is 3. The molecule has 5 nitrogen and oxygen atoms in total. The van der Waals surface area contributed by atoms with E-state index in [-0.39, 0.29) is 16.7 Å². The van der Waals surface area contributed by atoms with Crippen LogP contribution in [0.5, 0.6) is 0 Å². The van der Waals surface area contributed by atoms with Crippen LogP contribution in [0.3, 0.4) is 0 Å². The first-order chi connectivity index (χ1) is 10.3. The highest BCUT2D eigenvalue weighted by molar-refractivity contribution is 5.25. The standard InChI is InChI=1S/C16H19N3O2/c20-19(21)15-11-17-18(12-15)16(13-7-3-1-4-8-13)14-9-5-2-6-10-14/h1,3-4,7-8,11-12,14,16H,2,5-6,9-10H2. The van der Waals surface area contributed by atoms with E-state index >= 15 is 0 Å². The molecule has 2 aromatic rings. The Kier molecular flexibility index (Phi) is 3.99. The summed E-state index contributed by atoms with van der Waals surface area (Å²) in [5, 5.41) is 15.2. The second-order valence-electron chi connectivity index (χ2n) is 5.69. The Morgan fingerprint density at radius 2 is 1.90 bits per heavy atom. The van der Waals surface area contributed by atoms with Crippen LogP contribution in [0.4, 0.5) is 5.69 Å². The fraction of sp³-hybridized carbons (Fsp3) is 0.438. The number of rotatable bonds is 4. The van der Waals surface area contributed by atoms with E-state index in [2.05, 4.69) is 17.2 Å². The van der Waals surface area contributed by atoms with Gasteiger partial charge in [-0.15, -0.1) is 0 Å². The van der Waals surface area contributed by atoms with Crippen LogP contribution in [0.1, 0.15) is 43.7 Å². The molecule has 1 atom stereocenters. The summed E-state index contributed by atoms with van der Waals surface area (Å²) in [7, 11) is 0. The molecular weight excluding hydrogens is 266 g/mol. The van der Waals surface area contributed by atoms with Gasteiger partial charge in [0.15, 0.2) is 0 Å². The molecule has 0 radical (unpaired) electrons. The van der Waals surface area contributed by atoms with E-state index in [9.17, 15) is 10.1 Å². The van der Waals surface area contributed by atoms with Crippen molar-refractivity contribution in [2.45, 2.75) is 38.1 Å². The van der Waals surface area contributed by atoms with Gasteiger partial charge in [0.2, 0.25) is 0 Å². The van der Waals surface area contributed by atoms with Crippen molar-refractivity contribution in [1.82, 2.24) is 9.78 Å². The molecule has 0 aliphatic heterocycles. The van der Waals surface area contributed by atoms with Gasteiger partial charge in [0.05, 0.1) is 11.0 Å². The molecule has 0 spiro atoms. The number of benzene rings is 1. The predicted molar refractivity (Wildman–Crippen MR) is 80.0 cm³/mol. The van der Waals surface area contributed by atoms with Gasteiger partial charge in [-0.05, 0) is 24.3 Å². The quantitative estimate of drug-likeness (QED) is 0.631. The van der Waals surface area contributed by atoms with Gasteiger partial charge < -0.3 is 0 Å². The molecule has 0 bridgehead atoms. The highest BCUT2D eigenvalue weighted by Gasteiger charge is 2.28. The van der Waals surface area contributed by atoms with Crippen molar-refractivity contribution in [3.8, 4) is 0 Å². The maximum atomic E-state index is 10.9. The first-order valence-corrected chi connectivity index (χ1v) is 7.49. The molecule has 1 heterocycles. The summed E-state index contributed by atoms with van der Waals surface area (Å²) in [5.74, 6) is 0.501. The second-order valence-corrected chi connectivity index (χ2v) is 5.69. The summed E-state index contributed by atoms with van der Waals surface area (Å²) in [4.78, 5) is 10.5. The van der Waals surface area contributed by atoms with E-state index in [0.29, 0.717) is 5.92 Å². The molecule has 21 heavy (non-hydrogen) atoms. The molecule has 1 aliphatic carbocycles. The number of hydrogen-bond acceptors (Lipinski definition) is 3. The zero-order valence-electron chi connectivity index (χ0n) is 11.9. The molecular formula is C16H19N3O2. The summed E-state index contributed by atoms with van der Waals surface area (Å²) in [6, 6.07) is 10.3. The maximum absolute atomic E-state index is 10.9. The Morgan fingerprint density at radius 3 is 2.52 bits per heavy atom. The van der Waals surface area contributed by atoms with Crippen LogP contribution in [0, 0.1) is 16.0 Å². The third kappa shape index (κ3) is 2.96. The molecule has 1 aromatic heterocycles. The summed E-state index contributed by atoms with van der Waals surface area (Å²) in [6.07, 6.45) is 8.98. The fourth-order valence-electron chi connectivity index (χ4n) is 3.32. The van der Waals surface area contributed by atoms with Gasteiger partial charge >= 0.3 is 5.69 Å². The molecule has 0 saturated heterocycles. The smallest absolute Gasteiger partial charge is 0.258 e. The van der Waals surface area contributed by atoms with Crippen LogP contribution in [0.2, 0.25) is 0 Å². The van der Waals surface area contributed by atoms with E-state index in [1.165, 1.54) is 31.0 Å². The molecule has 1 aromatic carbocycles. The van der Waals surface area contributed by atoms with Crippen molar-refractivity contribution >= 4 is 5.69 Å². The van der Waals surface area contributed by atoms with E-state index in [4.69, 9.17) is 0 Å². The topological polar surface area (TPSA) is 61.0 Å². The Labute approximate surface area is 123 Å². The van der Waals surface area contributed by atoms with Crippen molar-refractivity contribution in [3.63, 3.8) is 0 Å². The van der Waals surface area contributed by atoms with Crippen molar-refractivity contribution in [1.29, 1.82) is 0 Å². The lowest BCUT2D eigenvalue weighted by molar-refractivity contribution is -0.385. The van der Waals surface area contributed by atoms with Gasteiger partial charge in [-0.3, -0.25) is 14.8 Å². The fourth-order valence-corrected chi connectivity index (χ4v) is 3.32. The normalized spacial score (nSPS) is 17.5. The average molecular weight is 285 g/mol. The molecule has 1 aliphatic rings. The van der Waals surface area contributed by atoms with Crippen molar-refractivity contribution in [2.24, 2.45) is 5.92 Å². The lowest BCUT2D eigenvalue weighted by Gasteiger charge is -2.30. The van der Waals surface area contributed by atoms with E-state index in [1.807, 2.05) is 18.2 Å². The van der Waals surface area contributed by atoms with Crippen LogP contribution in [-0.4, -0.2) is 14.7 Å². The lowest BCUT2D eigenvalue weighted by atomic mass is 9.81. The van der Waals surface area contributed by atoms with Crippen molar-refractivity contribution < 1.29 is 4.92 Å². The molecule has 110 valence electrons. The van der Waals surface area contributed by atoms with Crippen LogP contribution < -0.4 is 0 Å². The molecule has 5 heteroatoms. The zero-order valence-corrected chi connectivity index (χ0v) is 11.9. The summed E-state index contributed by atoms with van der Waals surface area (Å²) >= 11 is 0. The number of hydrogen-bond donors (Lipinski definition) is 0. The minimum atomic E-state index is -0.383. The first kappa shape index (κ1) is 13.8. The average Bonchev–Trinajstić information content (AvgIpc) is 3.00. The minimum Gasteiger partial charge on any atom is -0.258 e. The van der Waals surface area contributed by atoms with Gasteiger partial charge in [0, 0.05) is 0 Å². The van der Waals surface area contributed by atoms with Crippen LogP contribution >= 0.6 is 0 Å². The van der Waals surface area contributed by atoms with Gasteiger partial charge in [0.25, 0.3) is 0 Å². The number of aromatic nitrogens is 2. The molecule has 3 rings (SSSR count). The Hall–Kier alpha value is -2.17. The summed E-state index contributed by atoms with van der Waals surface area (Å²) in [5.41, 5.74) is 1.24. The molecule has 0 amide bonds. The monoisotopic (exact) mass is 285 g/mol. The summed E-state index contributed by atoms with van der Waals surface area (Å²) < 4.78 is 1.78. The third-order valence-electron chi connectivity index (χ3n) is 4.32. The van der Waals surface area contributed by atoms with Gasteiger partial charge in [0.1, 0.15) is 12.4 Å². The largest absolute Gasteiger partial charge is 0.307 e. The Balaban J connectivity index is 1.96. The first-order valence-electron chi connectivity index (χ1n) is 7.49. The van der Waals surface area contributed by atoms with Crippen LogP contribution in [-0.2, 0) is 0 Å². The Bertz CT molecular complexity index is 603. The lowest BCUT2D eigenvalue weighted by Crippen LogP contribution is -2.23. The SMILES string of the molecule is O=[N+]([O-])c1cnn(C(c2ccccc2)C2CCCCC2)c1. The minimum absolute atomic E-state index is 0.0618. The predicted octanol–water partition coefficient (Wildman–Crippen LogP) is 3.96. The maximum Gasteiger partial charge on any atom is 0.307 e. The molecule has 0 N–H and O–H groups in total. The van der Waals surface area contributed by atoms with E-state index in [1.54, 1.807) is 10.9 Å². The van der Waals surface area contributed by atoms with Crippen molar-refractivity contribution in [3.05, 3.63) is 58.4 Å². The van der Waals surface area contributed by atoms with Gasteiger partial charge in [-0.1, -0.05) is 49.6 Å². The molecule has 1 fully saturated rings. The van der Waals surface area contributed by atoms with E-state index in [0.717, 1.165) is 12.8 Å². The highest BCUT2D eigenvalue weighted by Crippen LogP contribution is 2.37. The second kappa shape index (κ2) is 6.08.